The minimum absolute atomic E-state index is 0.0625. The van der Waals surface area contributed by atoms with Gasteiger partial charge < -0.3 is 11.1 Å². The molecule has 0 spiro atoms. The first-order chi connectivity index (χ1) is 7.28. The van der Waals surface area contributed by atoms with Gasteiger partial charge in [-0.05, 0) is 43.6 Å². The smallest absolute Gasteiger partial charge is 0.189 e. The molecule has 0 bridgehead atoms. The van der Waals surface area contributed by atoms with E-state index >= 15 is 0 Å². The number of rotatable bonds is 2. The third kappa shape index (κ3) is 4.49. The third-order valence-corrected chi connectivity index (χ3v) is 3.66. The van der Waals surface area contributed by atoms with Crippen LogP contribution < -0.4 is 11.1 Å². The number of aromatic nitrogens is 1. The van der Waals surface area contributed by atoms with Gasteiger partial charge >= 0.3 is 0 Å². The Morgan fingerprint density at radius 1 is 1.56 bits per heavy atom. The molecule has 1 aromatic heterocycles. The lowest BCUT2D eigenvalue weighted by Crippen LogP contribution is -2.44. The molecule has 1 rings (SSSR count). The Morgan fingerprint density at radius 3 is 2.62 bits per heavy atom. The first-order valence-electron chi connectivity index (χ1n) is 4.98. The van der Waals surface area contributed by atoms with Gasteiger partial charge in [0.05, 0.1) is 16.0 Å². The monoisotopic (exact) mass is 304 g/mol. The third-order valence-electron chi connectivity index (χ3n) is 1.67. The Bertz CT molecular complexity index is 373. The van der Waals surface area contributed by atoms with Crippen molar-refractivity contribution in [3.63, 3.8) is 0 Å². The predicted octanol–water partition coefficient (Wildman–Crippen LogP) is 2.42. The maximum Gasteiger partial charge on any atom is 0.189 e. The molecule has 16 heavy (non-hydrogen) atoms. The van der Waals surface area contributed by atoms with Crippen LogP contribution in [0.1, 0.15) is 31.5 Å². The van der Waals surface area contributed by atoms with Crippen LogP contribution in [-0.4, -0.2) is 16.5 Å². The normalized spacial score (nSPS) is 12.9. The molecule has 6 heteroatoms. The van der Waals surface area contributed by atoms with Gasteiger partial charge in [-0.3, -0.25) is 0 Å². The van der Waals surface area contributed by atoms with Crippen LogP contribution in [0.15, 0.2) is 8.78 Å². The molecular formula is C10H17BrN4S. The number of nitrogens with two attached hydrogens (primary N) is 1. The van der Waals surface area contributed by atoms with Crippen molar-refractivity contribution in [1.29, 1.82) is 0 Å². The first kappa shape index (κ1) is 13.4. The molecule has 0 aromatic carbocycles. The highest BCUT2D eigenvalue weighted by atomic mass is 79.9. The summed E-state index contributed by atoms with van der Waals surface area (Å²) in [4.78, 5) is 8.60. The molecule has 0 atom stereocenters. The molecule has 4 nitrogen and oxygen atoms in total. The number of hydrogen-bond donors (Lipinski definition) is 2. The lowest BCUT2D eigenvalue weighted by atomic mass is 10.1. The summed E-state index contributed by atoms with van der Waals surface area (Å²) in [5.74, 6) is 0.455. The van der Waals surface area contributed by atoms with E-state index in [9.17, 15) is 0 Å². The number of halogens is 1. The molecule has 0 unspecified atom stereocenters. The Kier molecular flexibility index (Phi) is 4.32. The molecule has 90 valence electrons. The summed E-state index contributed by atoms with van der Waals surface area (Å²) in [5, 5.41) is 4.06. The van der Waals surface area contributed by atoms with Crippen molar-refractivity contribution >= 4 is 33.2 Å². The summed E-state index contributed by atoms with van der Waals surface area (Å²) in [6.45, 7) is 8.61. The van der Waals surface area contributed by atoms with Crippen LogP contribution in [-0.2, 0) is 6.54 Å². The van der Waals surface area contributed by atoms with Crippen LogP contribution in [0, 0.1) is 6.92 Å². The van der Waals surface area contributed by atoms with E-state index in [-0.39, 0.29) is 5.54 Å². The summed E-state index contributed by atoms with van der Waals surface area (Å²) < 4.78 is 1.06. The SMILES string of the molecule is Cc1nc(CN=C(N)NC(C)(C)C)sc1Br. The fourth-order valence-corrected chi connectivity index (χ4v) is 2.44. The van der Waals surface area contributed by atoms with Gasteiger partial charge in [0.2, 0.25) is 0 Å². The number of nitrogens with zero attached hydrogens (tertiary/aromatic N) is 2. The second-order valence-corrected chi connectivity index (χ2v) is 6.94. The summed E-state index contributed by atoms with van der Waals surface area (Å²) in [5.41, 5.74) is 6.69. The van der Waals surface area contributed by atoms with Gasteiger partial charge in [0, 0.05) is 5.54 Å². The molecule has 0 saturated heterocycles. The van der Waals surface area contributed by atoms with Crippen molar-refractivity contribution in [2.75, 3.05) is 0 Å². The molecular weight excluding hydrogens is 288 g/mol. The minimum Gasteiger partial charge on any atom is -0.370 e. The molecule has 1 aromatic rings. The zero-order valence-corrected chi connectivity index (χ0v) is 12.4. The highest BCUT2D eigenvalue weighted by molar-refractivity contribution is 9.11. The van der Waals surface area contributed by atoms with Crippen molar-refractivity contribution in [2.24, 2.45) is 10.7 Å². The fourth-order valence-electron chi connectivity index (χ4n) is 1.08. The lowest BCUT2D eigenvalue weighted by Gasteiger charge is -2.20. The molecule has 0 saturated carbocycles. The van der Waals surface area contributed by atoms with Crippen LogP contribution in [0.2, 0.25) is 0 Å². The molecule has 0 aliphatic carbocycles. The summed E-state index contributed by atoms with van der Waals surface area (Å²) in [7, 11) is 0. The summed E-state index contributed by atoms with van der Waals surface area (Å²) >= 11 is 5.02. The summed E-state index contributed by atoms with van der Waals surface area (Å²) in [6, 6.07) is 0. The Balaban J connectivity index is 2.59. The first-order valence-corrected chi connectivity index (χ1v) is 6.59. The highest BCUT2D eigenvalue weighted by Crippen LogP contribution is 2.24. The largest absolute Gasteiger partial charge is 0.370 e. The van der Waals surface area contributed by atoms with Gasteiger partial charge in [-0.2, -0.15) is 0 Å². The average Bonchev–Trinajstić information content (AvgIpc) is 2.40. The highest BCUT2D eigenvalue weighted by Gasteiger charge is 2.10. The van der Waals surface area contributed by atoms with Crippen molar-refractivity contribution in [3.8, 4) is 0 Å². The molecule has 0 aliphatic heterocycles. The Morgan fingerprint density at radius 2 is 2.19 bits per heavy atom. The van der Waals surface area contributed by atoms with E-state index in [1.54, 1.807) is 11.3 Å². The predicted molar refractivity (Wildman–Crippen MR) is 72.8 cm³/mol. The molecule has 0 radical (unpaired) electrons. The number of guanidine groups is 1. The quantitative estimate of drug-likeness (QED) is 0.651. The standard InChI is InChI=1S/C10H17BrN4S/c1-6-8(11)16-7(14-6)5-13-9(12)15-10(2,3)4/h5H2,1-4H3,(H3,12,13,15). The molecule has 1 heterocycles. The number of hydrogen-bond acceptors (Lipinski definition) is 3. The molecule has 0 aliphatic rings. The van der Waals surface area contributed by atoms with E-state index in [0.29, 0.717) is 12.5 Å². The van der Waals surface area contributed by atoms with Crippen LogP contribution in [0.3, 0.4) is 0 Å². The molecule has 0 amide bonds. The minimum atomic E-state index is -0.0625. The second-order valence-electron chi connectivity index (χ2n) is 4.54. The summed E-state index contributed by atoms with van der Waals surface area (Å²) in [6.07, 6.45) is 0. The van der Waals surface area contributed by atoms with Gasteiger partial charge in [0.15, 0.2) is 5.96 Å². The van der Waals surface area contributed by atoms with E-state index in [0.717, 1.165) is 14.5 Å². The van der Waals surface area contributed by atoms with Gasteiger partial charge in [0.25, 0.3) is 0 Å². The van der Waals surface area contributed by atoms with Gasteiger partial charge in [-0.15, -0.1) is 11.3 Å². The van der Waals surface area contributed by atoms with Gasteiger partial charge in [0.1, 0.15) is 5.01 Å². The van der Waals surface area contributed by atoms with Crippen LogP contribution >= 0.6 is 27.3 Å². The number of nitrogens with one attached hydrogen (secondary N) is 1. The topological polar surface area (TPSA) is 63.3 Å². The van der Waals surface area contributed by atoms with Crippen molar-refractivity contribution in [3.05, 3.63) is 14.5 Å². The molecule has 0 fully saturated rings. The van der Waals surface area contributed by atoms with E-state index in [1.165, 1.54) is 0 Å². The zero-order chi connectivity index (χ0) is 12.3. The van der Waals surface area contributed by atoms with E-state index in [1.807, 2.05) is 27.7 Å². The Hall–Kier alpha value is -0.620. The number of thiazole rings is 1. The fraction of sp³-hybridized carbons (Fsp3) is 0.600. The lowest BCUT2D eigenvalue weighted by molar-refractivity contribution is 0.508. The maximum atomic E-state index is 5.76. The van der Waals surface area contributed by atoms with Crippen LogP contribution in [0.4, 0.5) is 0 Å². The number of aliphatic imine (C=N–C) groups is 1. The van der Waals surface area contributed by atoms with Crippen molar-refractivity contribution in [1.82, 2.24) is 10.3 Å². The van der Waals surface area contributed by atoms with Gasteiger partial charge in [-0.1, -0.05) is 0 Å². The maximum absolute atomic E-state index is 5.76. The van der Waals surface area contributed by atoms with Crippen LogP contribution in [0.25, 0.3) is 0 Å². The Labute approximate surface area is 108 Å². The van der Waals surface area contributed by atoms with E-state index in [4.69, 9.17) is 5.73 Å². The second kappa shape index (κ2) is 5.14. The van der Waals surface area contributed by atoms with E-state index in [2.05, 4.69) is 31.2 Å². The van der Waals surface area contributed by atoms with Gasteiger partial charge in [-0.25, -0.2) is 9.98 Å². The average molecular weight is 305 g/mol. The van der Waals surface area contributed by atoms with Crippen molar-refractivity contribution < 1.29 is 0 Å². The molecule has 3 N–H and O–H groups in total. The van der Waals surface area contributed by atoms with E-state index < -0.39 is 0 Å². The number of aryl methyl sites for hydroxylation is 1. The van der Waals surface area contributed by atoms with Crippen LogP contribution in [0.5, 0.6) is 0 Å². The van der Waals surface area contributed by atoms with Crippen molar-refractivity contribution in [2.45, 2.75) is 39.8 Å². The zero-order valence-electron chi connectivity index (χ0n) is 9.97.